The Morgan fingerprint density at radius 1 is 1.71 bits per heavy atom. The lowest BCUT2D eigenvalue weighted by Crippen LogP contribution is -2.31. The van der Waals surface area contributed by atoms with E-state index in [4.69, 9.17) is 27.3 Å². The summed E-state index contributed by atoms with van der Waals surface area (Å²) >= 11 is 5.70. The lowest BCUT2D eigenvalue weighted by Gasteiger charge is -2.13. The molecule has 1 rings (SSSR count). The molecule has 17 heavy (non-hydrogen) atoms. The zero-order valence-corrected chi connectivity index (χ0v) is 9.59. The summed E-state index contributed by atoms with van der Waals surface area (Å²) < 4.78 is 5.20. The van der Waals surface area contributed by atoms with Crippen LogP contribution in [0.1, 0.15) is 6.92 Å². The zero-order chi connectivity index (χ0) is 13.0. The topological polar surface area (TPSA) is 111 Å². The van der Waals surface area contributed by atoms with Crippen molar-refractivity contribution in [2.24, 2.45) is 10.9 Å². The number of rotatable bonds is 4. The SMILES string of the molecule is CC(Oc1cc(Cl)ccc1[N+](=O)[O-])C(N)=NO. The first-order valence-corrected chi connectivity index (χ1v) is 4.91. The van der Waals surface area contributed by atoms with Crippen molar-refractivity contribution in [2.75, 3.05) is 0 Å². The molecule has 0 aliphatic carbocycles. The van der Waals surface area contributed by atoms with Gasteiger partial charge in [0.1, 0.15) is 0 Å². The van der Waals surface area contributed by atoms with Crippen molar-refractivity contribution in [2.45, 2.75) is 13.0 Å². The molecule has 92 valence electrons. The summed E-state index contributed by atoms with van der Waals surface area (Å²) in [6.07, 6.45) is -0.808. The summed E-state index contributed by atoms with van der Waals surface area (Å²) in [5.41, 5.74) is 5.06. The van der Waals surface area contributed by atoms with Crippen molar-refractivity contribution in [3.8, 4) is 5.75 Å². The van der Waals surface area contributed by atoms with Gasteiger partial charge in [-0.05, 0) is 13.0 Å². The molecule has 1 atom stereocenters. The molecular formula is C9H10ClN3O4. The second-order valence-corrected chi connectivity index (χ2v) is 3.59. The van der Waals surface area contributed by atoms with Gasteiger partial charge >= 0.3 is 5.69 Å². The molecular weight excluding hydrogens is 250 g/mol. The summed E-state index contributed by atoms with van der Waals surface area (Å²) in [5.74, 6) is -0.235. The highest BCUT2D eigenvalue weighted by molar-refractivity contribution is 6.30. The fraction of sp³-hybridized carbons (Fsp3) is 0.222. The Morgan fingerprint density at radius 3 is 2.88 bits per heavy atom. The van der Waals surface area contributed by atoms with E-state index in [1.165, 1.54) is 25.1 Å². The average molecular weight is 260 g/mol. The Balaban J connectivity index is 3.04. The van der Waals surface area contributed by atoms with Crippen molar-refractivity contribution >= 4 is 23.1 Å². The molecule has 7 nitrogen and oxygen atoms in total. The summed E-state index contributed by atoms with van der Waals surface area (Å²) in [6.45, 7) is 1.49. The molecule has 0 spiro atoms. The van der Waals surface area contributed by atoms with Gasteiger partial charge in [-0.3, -0.25) is 10.1 Å². The number of nitro benzene ring substituents is 1. The number of halogens is 1. The number of nitrogens with two attached hydrogens (primary N) is 1. The fourth-order valence-corrected chi connectivity index (χ4v) is 1.23. The van der Waals surface area contributed by atoms with Crippen LogP contribution in [-0.2, 0) is 0 Å². The Labute approximate surface area is 102 Å². The van der Waals surface area contributed by atoms with E-state index < -0.39 is 11.0 Å². The van der Waals surface area contributed by atoms with Crippen molar-refractivity contribution in [1.29, 1.82) is 0 Å². The van der Waals surface area contributed by atoms with Crippen molar-refractivity contribution in [3.05, 3.63) is 33.3 Å². The monoisotopic (exact) mass is 259 g/mol. The predicted octanol–water partition coefficient (Wildman–Crippen LogP) is 1.76. The van der Waals surface area contributed by atoms with E-state index in [2.05, 4.69) is 5.16 Å². The van der Waals surface area contributed by atoms with E-state index in [0.29, 0.717) is 0 Å². The van der Waals surface area contributed by atoms with Gasteiger partial charge in [0.15, 0.2) is 17.7 Å². The zero-order valence-electron chi connectivity index (χ0n) is 8.83. The van der Waals surface area contributed by atoms with Crippen molar-refractivity contribution < 1.29 is 14.9 Å². The minimum absolute atomic E-state index is 0.0402. The van der Waals surface area contributed by atoms with Gasteiger partial charge in [0.2, 0.25) is 0 Å². The van der Waals surface area contributed by atoms with Crippen LogP contribution in [0.25, 0.3) is 0 Å². The molecule has 0 bridgehead atoms. The van der Waals surface area contributed by atoms with Crippen molar-refractivity contribution in [1.82, 2.24) is 0 Å². The van der Waals surface area contributed by atoms with Crippen LogP contribution in [0.2, 0.25) is 5.02 Å². The number of nitrogens with zero attached hydrogens (tertiary/aromatic N) is 2. The molecule has 3 N–H and O–H groups in total. The lowest BCUT2D eigenvalue weighted by molar-refractivity contribution is -0.386. The summed E-state index contributed by atoms with van der Waals surface area (Å²) in [6, 6.07) is 3.89. The van der Waals surface area contributed by atoms with Crippen LogP contribution in [0.3, 0.4) is 0 Å². The smallest absolute Gasteiger partial charge is 0.311 e. The van der Waals surface area contributed by atoms with Crippen LogP contribution in [0.5, 0.6) is 5.75 Å². The third-order valence-electron chi connectivity index (χ3n) is 1.95. The van der Waals surface area contributed by atoms with E-state index in [1.807, 2.05) is 0 Å². The molecule has 1 unspecified atom stereocenters. The van der Waals surface area contributed by atoms with Crippen molar-refractivity contribution in [3.63, 3.8) is 0 Å². The Hall–Kier alpha value is -2.02. The van der Waals surface area contributed by atoms with Gasteiger partial charge in [0, 0.05) is 17.2 Å². The minimum Gasteiger partial charge on any atom is -0.476 e. The van der Waals surface area contributed by atoms with E-state index in [9.17, 15) is 10.1 Å². The first-order chi connectivity index (χ1) is 7.95. The molecule has 0 saturated heterocycles. The molecule has 0 amide bonds. The van der Waals surface area contributed by atoms with E-state index >= 15 is 0 Å². The first kappa shape index (κ1) is 13.0. The molecule has 8 heteroatoms. The third kappa shape index (κ3) is 3.22. The maximum atomic E-state index is 10.7. The highest BCUT2D eigenvalue weighted by atomic mass is 35.5. The summed E-state index contributed by atoms with van der Waals surface area (Å²) in [4.78, 5) is 10.1. The first-order valence-electron chi connectivity index (χ1n) is 4.53. The van der Waals surface area contributed by atoms with Gasteiger partial charge < -0.3 is 15.7 Å². The standard InChI is InChI=1S/C9H10ClN3O4/c1-5(9(11)12-14)17-8-4-6(10)2-3-7(8)13(15)16/h2-5,14H,1H3,(H2,11,12). The molecule has 0 aliphatic heterocycles. The van der Waals surface area contributed by atoms with Crippen LogP contribution in [0.4, 0.5) is 5.69 Å². The van der Waals surface area contributed by atoms with Gasteiger partial charge in [0.25, 0.3) is 0 Å². The second-order valence-electron chi connectivity index (χ2n) is 3.15. The highest BCUT2D eigenvalue weighted by Gasteiger charge is 2.19. The van der Waals surface area contributed by atoms with Gasteiger partial charge in [-0.1, -0.05) is 16.8 Å². The van der Waals surface area contributed by atoms with Crippen LogP contribution in [0, 0.1) is 10.1 Å². The Kier molecular flexibility index (Phi) is 4.11. The van der Waals surface area contributed by atoms with Gasteiger partial charge in [-0.2, -0.15) is 0 Å². The molecule has 0 radical (unpaired) electrons. The molecule has 0 fully saturated rings. The van der Waals surface area contributed by atoms with Gasteiger partial charge in [0.05, 0.1) is 4.92 Å². The van der Waals surface area contributed by atoms with Crippen LogP contribution in [0.15, 0.2) is 23.4 Å². The number of hydrogen-bond donors (Lipinski definition) is 2. The fourth-order valence-electron chi connectivity index (χ4n) is 1.07. The largest absolute Gasteiger partial charge is 0.476 e. The van der Waals surface area contributed by atoms with Crippen LogP contribution in [-0.4, -0.2) is 22.1 Å². The van der Waals surface area contributed by atoms with Gasteiger partial charge in [-0.25, -0.2) is 0 Å². The Morgan fingerprint density at radius 2 is 2.35 bits per heavy atom. The normalized spacial score (nSPS) is 13.2. The predicted molar refractivity (Wildman–Crippen MR) is 61.6 cm³/mol. The van der Waals surface area contributed by atoms with E-state index in [1.54, 1.807) is 0 Å². The van der Waals surface area contributed by atoms with Crippen LogP contribution >= 0.6 is 11.6 Å². The summed E-state index contributed by atoms with van der Waals surface area (Å²) in [5, 5.41) is 22.2. The minimum atomic E-state index is -0.808. The molecule has 0 aromatic heterocycles. The number of hydrogen-bond acceptors (Lipinski definition) is 5. The number of ether oxygens (including phenoxy) is 1. The number of amidine groups is 1. The number of nitro groups is 1. The maximum absolute atomic E-state index is 10.7. The highest BCUT2D eigenvalue weighted by Crippen LogP contribution is 2.30. The quantitative estimate of drug-likeness (QED) is 0.281. The number of oxime groups is 1. The second kappa shape index (κ2) is 5.35. The lowest BCUT2D eigenvalue weighted by atomic mass is 10.3. The molecule has 0 aliphatic rings. The number of benzene rings is 1. The molecule has 0 saturated carbocycles. The summed E-state index contributed by atoms with van der Waals surface area (Å²) in [7, 11) is 0. The maximum Gasteiger partial charge on any atom is 0.311 e. The third-order valence-corrected chi connectivity index (χ3v) is 2.19. The molecule has 0 heterocycles. The Bertz CT molecular complexity index is 464. The van der Waals surface area contributed by atoms with Gasteiger partial charge in [-0.15, -0.1) is 0 Å². The molecule has 1 aromatic rings. The van der Waals surface area contributed by atoms with E-state index in [-0.39, 0.29) is 22.3 Å². The van der Waals surface area contributed by atoms with E-state index in [0.717, 1.165) is 0 Å². The van der Waals surface area contributed by atoms with Crippen LogP contribution < -0.4 is 10.5 Å². The average Bonchev–Trinajstić information content (AvgIpc) is 2.27. The molecule has 1 aromatic carbocycles.